The van der Waals surface area contributed by atoms with Crippen molar-refractivity contribution in [3.05, 3.63) is 149 Å². The molecule has 8 nitrogen and oxygen atoms in total. The molecule has 0 spiro atoms. The molecule has 0 N–H and O–H groups in total. The topological polar surface area (TPSA) is 88.4 Å². The fraction of sp³-hybridized carbons (Fsp3) is 0.184. The van der Waals surface area contributed by atoms with Crippen LogP contribution >= 0.6 is 34.5 Å². The Morgan fingerprint density at radius 1 is 0.939 bits per heavy atom. The van der Waals surface area contributed by atoms with Gasteiger partial charge >= 0.3 is 5.97 Å². The minimum atomic E-state index is -0.816. The molecule has 4 aromatic carbocycles. The average molecular weight is 716 g/mol. The quantitative estimate of drug-likeness (QED) is 0.134. The number of methoxy groups -OCH3 is 1. The van der Waals surface area contributed by atoms with Crippen molar-refractivity contribution in [3.63, 3.8) is 0 Å². The van der Waals surface area contributed by atoms with Crippen LogP contribution in [0.15, 0.2) is 106 Å². The standard InChI is InChI=1S/C38H32Cl2N2O6S/c1-4-46-28-16-14-26(15-17-28)34-32(37(44)47-5-2)33(25-11-7-6-8-12-25)41-38-42(34)36(43)31(49-38)21-24-19-29(40)35(30(20-24)45-3)48-22-23-10-9-13-27(39)18-23/h6-21,34H,4-5,22H2,1-3H3/b31-21-/t34-/m0/s1. The summed E-state index contributed by atoms with van der Waals surface area (Å²) in [5.41, 5.74) is 3.30. The first kappa shape index (κ1) is 34.0. The van der Waals surface area contributed by atoms with E-state index < -0.39 is 12.0 Å². The van der Waals surface area contributed by atoms with Crippen molar-refractivity contribution in [1.82, 2.24) is 4.57 Å². The summed E-state index contributed by atoms with van der Waals surface area (Å²) in [6.45, 7) is 4.54. The summed E-state index contributed by atoms with van der Waals surface area (Å²) in [6, 6.07) is 26.8. The molecule has 1 aromatic heterocycles. The number of aromatic nitrogens is 1. The molecule has 1 aliphatic heterocycles. The van der Waals surface area contributed by atoms with Gasteiger partial charge in [-0.05, 0) is 73.0 Å². The summed E-state index contributed by atoms with van der Waals surface area (Å²) in [6.07, 6.45) is 1.73. The lowest BCUT2D eigenvalue weighted by atomic mass is 9.93. The van der Waals surface area contributed by atoms with E-state index in [2.05, 4.69) is 0 Å². The third kappa shape index (κ3) is 7.29. The maximum Gasteiger partial charge on any atom is 0.338 e. The van der Waals surface area contributed by atoms with E-state index in [1.165, 1.54) is 18.4 Å². The van der Waals surface area contributed by atoms with Gasteiger partial charge in [-0.1, -0.05) is 89.1 Å². The largest absolute Gasteiger partial charge is 0.494 e. The van der Waals surface area contributed by atoms with E-state index in [1.807, 2.05) is 79.7 Å². The van der Waals surface area contributed by atoms with Crippen LogP contribution in [0.5, 0.6) is 17.2 Å². The molecule has 1 aliphatic rings. The monoisotopic (exact) mass is 714 g/mol. The Morgan fingerprint density at radius 2 is 1.71 bits per heavy atom. The molecule has 49 heavy (non-hydrogen) atoms. The van der Waals surface area contributed by atoms with Gasteiger partial charge in [0.15, 0.2) is 16.3 Å². The lowest BCUT2D eigenvalue weighted by Gasteiger charge is -2.26. The minimum absolute atomic E-state index is 0.159. The Hall–Kier alpha value is -4.83. The Bertz CT molecular complexity index is 2210. The van der Waals surface area contributed by atoms with Gasteiger partial charge in [-0.15, -0.1) is 0 Å². The van der Waals surface area contributed by atoms with E-state index in [-0.39, 0.29) is 24.3 Å². The highest BCUT2D eigenvalue weighted by atomic mass is 35.5. The lowest BCUT2D eigenvalue weighted by Crippen LogP contribution is -2.40. The van der Waals surface area contributed by atoms with Crippen LogP contribution in [0.3, 0.4) is 0 Å². The zero-order valence-electron chi connectivity index (χ0n) is 26.9. The van der Waals surface area contributed by atoms with Crippen molar-refractivity contribution in [2.45, 2.75) is 26.5 Å². The molecule has 2 heterocycles. The van der Waals surface area contributed by atoms with Crippen LogP contribution < -0.4 is 29.1 Å². The number of ether oxygens (including phenoxy) is 4. The fourth-order valence-corrected chi connectivity index (χ4v) is 7.05. The zero-order chi connectivity index (χ0) is 34.5. The fourth-order valence-electron chi connectivity index (χ4n) is 5.57. The summed E-state index contributed by atoms with van der Waals surface area (Å²) in [4.78, 5) is 33.4. The third-order valence-corrected chi connectivity index (χ3v) is 9.20. The second kappa shape index (κ2) is 15.2. The Balaban J connectivity index is 1.49. The van der Waals surface area contributed by atoms with Gasteiger partial charge in [0.1, 0.15) is 12.4 Å². The molecule has 0 bridgehead atoms. The number of rotatable bonds is 11. The van der Waals surface area contributed by atoms with E-state index in [0.717, 1.165) is 11.1 Å². The Morgan fingerprint density at radius 3 is 2.41 bits per heavy atom. The number of hydrogen-bond acceptors (Lipinski definition) is 8. The van der Waals surface area contributed by atoms with Gasteiger partial charge in [0.05, 0.1) is 47.2 Å². The number of hydrogen-bond donors (Lipinski definition) is 0. The van der Waals surface area contributed by atoms with Gasteiger partial charge in [0.2, 0.25) is 0 Å². The minimum Gasteiger partial charge on any atom is -0.494 e. The van der Waals surface area contributed by atoms with Crippen LogP contribution in [0.4, 0.5) is 0 Å². The zero-order valence-corrected chi connectivity index (χ0v) is 29.3. The van der Waals surface area contributed by atoms with E-state index in [1.54, 1.807) is 35.8 Å². The van der Waals surface area contributed by atoms with Crippen LogP contribution in [0.1, 0.15) is 42.1 Å². The molecule has 5 aromatic rings. The number of carbonyl (C=O) groups excluding carboxylic acids is 1. The van der Waals surface area contributed by atoms with Gasteiger partial charge in [0.25, 0.3) is 5.56 Å². The molecule has 0 aliphatic carbocycles. The summed E-state index contributed by atoms with van der Waals surface area (Å²) < 4.78 is 24.8. The highest BCUT2D eigenvalue weighted by molar-refractivity contribution is 7.07. The second-order valence-electron chi connectivity index (χ2n) is 10.9. The third-order valence-electron chi connectivity index (χ3n) is 7.70. The van der Waals surface area contributed by atoms with Crippen molar-refractivity contribution in [2.75, 3.05) is 20.3 Å². The molecule has 6 rings (SSSR count). The molecule has 0 amide bonds. The van der Waals surface area contributed by atoms with Crippen molar-refractivity contribution in [1.29, 1.82) is 0 Å². The van der Waals surface area contributed by atoms with E-state index in [9.17, 15) is 9.59 Å². The molecule has 1 atom stereocenters. The SMILES string of the molecule is CCOC(=O)C1=C(c2ccccc2)N=c2s/c(=C\c3cc(Cl)c(OCc4cccc(Cl)c4)c(OC)c3)c(=O)n2[C@H]1c1ccc(OCC)cc1. The molecular formula is C38H32Cl2N2O6S. The summed E-state index contributed by atoms with van der Waals surface area (Å²) >= 11 is 14.1. The van der Waals surface area contributed by atoms with Crippen molar-refractivity contribution < 1.29 is 23.7 Å². The molecule has 0 saturated carbocycles. The average Bonchev–Trinajstić information content (AvgIpc) is 3.41. The first-order valence-corrected chi connectivity index (χ1v) is 17.1. The van der Waals surface area contributed by atoms with E-state index in [0.29, 0.717) is 60.1 Å². The number of halogens is 2. The van der Waals surface area contributed by atoms with E-state index in [4.69, 9.17) is 47.1 Å². The Kier molecular flexibility index (Phi) is 10.5. The predicted molar refractivity (Wildman–Crippen MR) is 192 cm³/mol. The van der Waals surface area contributed by atoms with Crippen LogP contribution in [0.25, 0.3) is 11.8 Å². The molecular weight excluding hydrogens is 683 g/mol. The van der Waals surface area contributed by atoms with Gasteiger partial charge in [-0.25, -0.2) is 9.79 Å². The molecule has 0 saturated heterocycles. The number of esters is 1. The van der Waals surface area contributed by atoms with Crippen molar-refractivity contribution in [3.8, 4) is 17.2 Å². The van der Waals surface area contributed by atoms with Gasteiger partial charge in [-0.2, -0.15) is 0 Å². The lowest BCUT2D eigenvalue weighted by molar-refractivity contribution is -0.138. The smallest absolute Gasteiger partial charge is 0.338 e. The highest BCUT2D eigenvalue weighted by Gasteiger charge is 2.35. The number of thiazole rings is 1. The predicted octanol–water partition coefficient (Wildman–Crippen LogP) is 7.23. The number of carbonyl (C=O) groups is 1. The number of benzene rings is 4. The Labute approximate surface area is 297 Å². The summed E-state index contributed by atoms with van der Waals surface area (Å²) in [5, 5.41) is 0.912. The normalized spacial score (nSPS) is 14.2. The first-order chi connectivity index (χ1) is 23.8. The summed E-state index contributed by atoms with van der Waals surface area (Å²) in [5.74, 6) is 0.888. The van der Waals surface area contributed by atoms with Crippen LogP contribution in [-0.2, 0) is 16.1 Å². The van der Waals surface area contributed by atoms with Gasteiger partial charge < -0.3 is 18.9 Å². The van der Waals surface area contributed by atoms with E-state index >= 15 is 0 Å². The van der Waals surface area contributed by atoms with Crippen molar-refractivity contribution >= 4 is 52.3 Å². The van der Waals surface area contributed by atoms with Crippen molar-refractivity contribution in [2.24, 2.45) is 4.99 Å². The molecule has 11 heteroatoms. The molecule has 0 radical (unpaired) electrons. The van der Waals surface area contributed by atoms with Crippen LogP contribution in [0.2, 0.25) is 10.0 Å². The number of nitrogens with zero attached hydrogens (tertiary/aromatic N) is 2. The van der Waals surface area contributed by atoms with Crippen LogP contribution in [0, 0.1) is 0 Å². The van der Waals surface area contributed by atoms with Gasteiger partial charge in [0, 0.05) is 10.6 Å². The summed E-state index contributed by atoms with van der Waals surface area (Å²) in [7, 11) is 1.52. The number of fused-ring (bicyclic) bond motifs is 1. The second-order valence-corrected chi connectivity index (χ2v) is 12.7. The molecule has 250 valence electrons. The maximum atomic E-state index is 14.3. The molecule has 0 fully saturated rings. The molecule has 0 unspecified atom stereocenters. The van der Waals surface area contributed by atoms with Gasteiger partial charge in [-0.3, -0.25) is 9.36 Å². The first-order valence-electron chi connectivity index (χ1n) is 15.6. The highest BCUT2D eigenvalue weighted by Crippen LogP contribution is 2.38. The van der Waals surface area contributed by atoms with Crippen LogP contribution in [-0.4, -0.2) is 30.9 Å². The maximum absolute atomic E-state index is 14.3.